The topological polar surface area (TPSA) is 80.8 Å². The molecule has 0 aliphatic carbocycles. The van der Waals surface area contributed by atoms with Crippen molar-refractivity contribution in [2.75, 3.05) is 7.11 Å². The summed E-state index contributed by atoms with van der Waals surface area (Å²) in [6.45, 7) is 0. The molecule has 4 rings (SSSR count). The molecule has 1 atom stereocenters. The van der Waals surface area contributed by atoms with Gasteiger partial charge in [0.2, 0.25) is 0 Å². The Kier molecular flexibility index (Phi) is 4.93. The van der Waals surface area contributed by atoms with E-state index in [0.29, 0.717) is 17.2 Å². The third kappa shape index (κ3) is 3.53. The van der Waals surface area contributed by atoms with Crippen LogP contribution in [0, 0.1) is 0 Å². The second kappa shape index (κ2) is 7.84. The van der Waals surface area contributed by atoms with Crippen LogP contribution in [0.15, 0.2) is 73.1 Å². The van der Waals surface area contributed by atoms with Gasteiger partial charge >= 0.3 is 0 Å². The number of pyridine rings is 1. The number of carbonyl (C=O) groups is 1. The number of aromatic nitrogens is 4. The lowest BCUT2D eigenvalue weighted by Crippen LogP contribution is -2.06. The van der Waals surface area contributed by atoms with Crippen molar-refractivity contribution in [3.63, 3.8) is 0 Å². The molecule has 0 fully saturated rings. The van der Waals surface area contributed by atoms with Crippen LogP contribution >= 0.6 is 0 Å². The lowest BCUT2D eigenvalue weighted by Gasteiger charge is -2.15. The van der Waals surface area contributed by atoms with Crippen LogP contribution in [0.1, 0.15) is 33.2 Å². The Morgan fingerprint density at radius 3 is 2.61 bits per heavy atom. The van der Waals surface area contributed by atoms with E-state index < -0.39 is 0 Å². The molecule has 0 bridgehead atoms. The molecular weight excluding hydrogens is 352 g/mol. The summed E-state index contributed by atoms with van der Waals surface area (Å²) in [5.41, 5.74) is 3.41. The maximum atomic E-state index is 11.1. The van der Waals surface area contributed by atoms with Gasteiger partial charge in [-0.2, -0.15) is 5.10 Å². The van der Waals surface area contributed by atoms with Crippen LogP contribution in [0.4, 0.5) is 0 Å². The highest BCUT2D eigenvalue weighted by Crippen LogP contribution is 2.31. The lowest BCUT2D eigenvalue weighted by molar-refractivity contribution is 0.112. The fraction of sp³-hybridized carbons (Fsp3) is 0.0909. The molecule has 6 heteroatoms. The third-order valence-electron chi connectivity index (χ3n) is 4.52. The summed E-state index contributed by atoms with van der Waals surface area (Å²) in [5.74, 6) is 1.87. The average Bonchev–Trinajstić information content (AvgIpc) is 3.25. The van der Waals surface area contributed by atoms with E-state index in [9.17, 15) is 4.79 Å². The number of methoxy groups -OCH3 is 1. The number of H-pyrrole nitrogens is 1. The van der Waals surface area contributed by atoms with Crippen LogP contribution in [0.25, 0.3) is 11.4 Å². The van der Waals surface area contributed by atoms with Gasteiger partial charge in [-0.05, 0) is 35.4 Å². The van der Waals surface area contributed by atoms with Crippen molar-refractivity contribution in [1.82, 2.24) is 20.2 Å². The minimum absolute atomic E-state index is 0.157. The molecule has 0 aliphatic heterocycles. The predicted molar refractivity (Wildman–Crippen MR) is 105 cm³/mol. The highest BCUT2D eigenvalue weighted by molar-refractivity contribution is 5.77. The average molecular weight is 370 g/mol. The molecule has 0 spiro atoms. The Morgan fingerprint density at radius 2 is 1.89 bits per heavy atom. The van der Waals surface area contributed by atoms with Gasteiger partial charge in [0.1, 0.15) is 17.9 Å². The smallest absolute Gasteiger partial charge is 0.181 e. The second-order valence-electron chi connectivity index (χ2n) is 6.28. The quantitative estimate of drug-likeness (QED) is 0.521. The minimum atomic E-state index is -0.157. The number of carbonyl (C=O) groups excluding carboxylic acids is 1. The molecule has 2 aromatic heterocycles. The highest BCUT2D eigenvalue weighted by atomic mass is 16.5. The first kappa shape index (κ1) is 17.6. The largest absolute Gasteiger partial charge is 0.497 e. The summed E-state index contributed by atoms with van der Waals surface area (Å²) in [5, 5.41) is 7.43. The van der Waals surface area contributed by atoms with Crippen molar-refractivity contribution >= 4 is 6.29 Å². The Bertz CT molecular complexity index is 1080. The molecule has 0 amide bonds. The number of aromatic amines is 1. The van der Waals surface area contributed by atoms with Gasteiger partial charge in [-0.25, -0.2) is 4.98 Å². The van der Waals surface area contributed by atoms with Crippen molar-refractivity contribution in [1.29, 1.82) is 0 Å². The minimum Gasteiger partial charge on any atom is -0.497 e. The van der Waals surface area contributed by atoms with E-state index in [2.05, 4.69) is 15.2 Å². The number of benzene rings is 2. The summed E-state index contributed by atoms with van der Waals surface area (Å²) >= 11 is 0. The van der Waals surface area contributed by atoms with Gasteiger partial charge in [-0.3, -0.25) is 14.9 Å². The number of nitrogens with one attached hydrogen (secondary N) is 1. The summed E-state index contributed by atoms with van der Waals surface area (Å²) in [6, 6.07) is 19.0. The molecule has 138 valence electrons. The van der Waals surface area contributed by atoms with Crippen LogP contribution < -0.4 is 4.74 Å². The van der Waals surface area contributed by atoms with Crippen LogP contribution in [-0.4, -0.2) is 33.6 Å². The van der Waals surface area contributed by atoms with Crippen molar-refractivity contribution in [3.8, 4) is 17.1 Å². The maximum absolute atomic E-state index is 11.1. The molecule has 0 saturated heterocycles. The van der Waals surface area contributed by atoms with E-state index >= 15 is 0 Å². The van der Waals surface area contributed by atoms with Crippen LogP contribution in [0.5, 0.6) is 5.75 Å². The van der Waals surface area contributed by atoms with Gasteiger partial charge in [0.05, 0.1) is 13.0 Å². The van der Waals surface area contributed by atoms with Gasteiger partial charge < -0.3 is 4.74 Å². The van der Waals surface area contributed by atoms with E-state index in [1.807, 2.05) is 54.7 Å². The number of nitrogens with zero attached hydrogens (tertiary/aromatic N) is 3. The van der Waals surface area contributed by atoms with Crippen molar-refractivity contribution in [2.45, 2.75) is 5.92 Å². The van der Waals surface area contributed by atoms with E-state index in [1.54, 1.807) is 25.4 Å². The molecular formula is C22H18N4O2. The number of aldehydes is 1. The number of rotatable bonds is 6. The van der Waals surface area contributed by atoms with Crippen LogP contribution in [0.3, 0.4) is 0 Å². The normalized spacial score (nSPS) is 11.8. The zero-order valence-corrected chi connectivity index (χ0v) is 15.2. The molecule has 2 aromatic carbocycles. The molecule has 4 aromatic rings. The van der Waals surface area contributed by atoms with Gasteiger partial charge in [0, 0.05) is 23.5 Å². The van der Waals surface area contributed by atoms with Gasteiger partial charge in [-0.1, -0.05) is 36.4 Å². The highest BCUT2D eigenvalue weighted by Gasteiger charge is 2.21. The fourth-order valence-corrected chi connectivity index (χ4v) is 3.13. The SMILES string of the molecule is COc1ccc(C(c2cccnc2)c2nc(-c3cccc(C=O)c3)n[nH]2)cc1. The summed E-state index contributed by atoms with van der Waals surface area (Å²) in [6.07, 6.45) is 4.38. The number of hydrogen-bond donors (Lipinski definition) is 1. The summed E-state index contributed by atoms with van der Waals surface area (Å²) < 4.78 is 5.27. The monoisotopic (exact) mass is 370 g/mol. The summed E-state index contributed by atoms with van der Waals surface area (Å²) in [4.78, 5) is 20.0. The molecule has 1 N–H and O–H groups in total. The molecule has 0 saturated carbocycles. The van der Waals surface area contributed by atoms with Gasteiger partial charge in [0.15, 0.2) is 5.82 Å². The molecule has 0 aliphatic rings. The second-order valence-corrected chi connectivity index (χ2v) is 6.28. The number of ether oxygens (including phenoxy) is 1. The van der Waals surface area contributed by atoms with Gasteiger partial charge in [0.25, 0.3) is 0 Å². The molecule has 1 unspecified atom stereocenters. The van der Waals surface area contributed by atoms with E-state index in [-0.39, 0.29) is 5.92 Å². The third-order valence-corrected chi connectivity index (χ3v) is 4.52. The molecule has 0 radical (unpaired) electrons. The van der Waals surface area contributed by atoms with E-state index in [4.69, 9.17) is 9.72 Å². The van der Waals surface area contributed by atoms with E-state index in [0.717, 1.165) is 28.7 Å². The Morgan fingerprint density at radius 1 is 1.04 bits per heavy atom. The maximum Gasteiger partial charge on any atom is 0.181 e. The summed E-state index contributed by atoms with van der Waals surface area (Å²) in [7, 11) is 1.64. The lowest BCUT2D eigenvalue weighted by atomic mass is 9.91. The van der Waals surface area contributed by atoms with Crippen LogP contribution in [0.2, 0.25) is 0 Å². The van der Waals surface area contributed by atoms with Crippen molar-refractivity contribution < 1.29 is 9.53 Å². The molecule has 28 heavy (non-hydrogen) atoms. The van der Waals surface area contributed by atoms with Crippen molar-refractivity contribution in [3.05, 3.63) is 95.6 Å². The molecule has 2 heterocycles. The zero-order valence-electron chi connectivity index (χ0n) is 15.2. The first-order valence-corrected chi connectivity index (χ1v) is 8.80. The predicted octanol–water partition coefficient (Wildman–Crippen LogP) is 3.87. The van der Waals surface area contributed by atoms with E-state index in [1.165, 1.54) is 0 Å². The Balaban J connectivity index is 1.77. The fourth-order valence-electron chi connectivity index (χ4n) is 3.13. The van der Waals surface area contributed by atoms with Crippen molar-refractivity contribution in [2.24, 2.45) is 0 Å². The Hall–Kier alpha value is -3.80. The Labute approximate surface area is 162 Å². The van der Waals surface area contributed by atoms with Crippen LogP contribution in [-0.2, 0) is 0 Å². The number of hydrogen-bond acceptors (Lipinski definition) is 5. The zero-order chi connectivity index (χ0) is 19.3. The van der Waals surface area contributed by atoms with Gasteiger partial charge in [-0.15, -0.1) is 0 Å². The first-order valence-electron chi connectivity index (χ1n) is 8.80. The standard InChI is InChI=1S/C22H18N4O2/c1-28-19-9-7-16(8-10-19)20(18-6-3-11-23-13-18)22-24-21(25-26-22)17-5-2-4-15(12-17)14-27/h2-14,20H,1H3,(H,24,25,26). The molecule has 6 nitrogen and oxygen atoms in total. The first-order chi connectivity index (χ1) is 13.8.